The number of hydrogen-bond donors (Lipinski definition) is 2. The third-order valence-corrected chi connectivity index (χ3v) is 3.29. The van der Waals surface area contributed by atoms with Crippen molar-refractivity contribution in [3.8, 4) is 11.8 Å². The van der Waals surface area contributed by atoms with E-state index < -0.39 is 0 Å². The predicted octanol–water partition coefficient (Wildman–Crippen LogP) is 0.249. The molecule has 1 aliphatic carbocycles. The minimum absolute atomic E-state index is 0.154. The Morgan fingerprint density at radius 1 is 1.60 bits per heavy atom. The zero-order chi connectivity index (χ0) is 14.4. The summed E-state index contributed by atoms with van der Waals surface area (Å²) in [6.07, 6.45) is 5.62. The summed E-state index contributed by atoms with van der Waals surface area (Å²) in [4.78, 5) is 18.3. The second kappa shape index (κ2) is 7.04. The molecule has 2 N–H and O–H groups in total. The van der Waals surface area contributed by atoms with Crippen molar-refractivity contribution >= 4 is 5.91 Å². The standard InChI is InChI=1S/C15H19N3O2/c1-18(13-4-5-13)9-8-17-15(20)14-6-7-16-11-12(14)3-2-10-19/h6-7,11,13,19H,4-5,8-10H2,1H3,(H,17,20). The van der Waals surface area contributed by atoms with Gasteiger partial charge in [-0.3, -0.25) is 9.78 Å². The van der Waals surface area contributed by atoms with Crippen LogP contribution < -0.4 is 5.32 Å². The maximum atomic E-state index is 12.1. The Kier molecular flexibility index (Phi) is 5.10. The molecule has 0 radical (unpaired) electrons. The van der Waals surface area contributed by atoms with Crippen molar-refractivity contribution in [3.05, 3.63) is 29.6 Å². The number of rotatable bonds is 5. The van der Waals surface area contributed by atoms with E-state index in [1.54, 1.807) is 12.3 Å². The largest absolute Gasteiger partial charge is 0.384 e. The van der Waals surface area contributed by atoms with Gasteiger partial charge in [0.05, 0.1) is 11.1 Å². The molecule has 1 saturated carbocycles. The Morgan fingerprint density at radius 3 is 3.10 bits per heavy atom. The summed E-state index contributed by atoms with van der Waals surface area (Å²) in [6.45, 7) is 1.22. The van der Waals surface area contributed by atoms with E-state index in [1.165, 1.54) is 19.0 Å². The van der Waals surface area contributed by atoms with Gasteiger partial charge in [0, 0.05) is 31.5 Å². The Hall–Kier alpha value is -1.90. The van der Waals surface area contributed by atoms with Crippen molar-refractivity contribution in [1.29, 1.82) is 0 Å². The van der Waals surface area contributed by atoms with Crippen LogP contribution in [0.2, 0.25) is 0 Å². The van der Waals surface area contributed by atoms with Crippen molar-refractivity contribution < 1.29 is 9.90 Å². The lowest BCUT2D eigenvalue weighted by molar-refractivity contribution is 0.0949. The highest BCUT2D eigenvalue weighted by molar-refractivity contribution is 5.96. The molecule has 1 fully saturated rings. The molecule has 0 atom stereocenters. The lowest BCUT2D eigenvalue weighted by Gasteiger charge is -2.15. The van der Waals surface area contributed by atoms with E-state index in [2.05, 4.69) is 34.1 Å². The van der Waals surface area contributed by atoms with Crippen LogP contribution in [0.5, 0.6) is 0 Å². The summed E-state index contributed by atoms with van der Waals surface area (Å²) in [7, 11) is 2.08. The van der Waals surface area contributed by atoms with Gasteiger partial charge in [-0.05, 0) is 26.0 Å². The van der Waals surface area contributed by atoms with E-state index >= 15 is 0 Å². The van der Waals surface area contributed by atoms with Gasteiger partial charge in [-0.1, -0.05) is 11.8 Å². The van der Waals surface area contributed by atoms with Crippen LogP contribution in [0.3, 0.4) is 0 Å². The first-order chi connectivity index (χ1) is 9.72. The molecule has 0 unspecified atom stereocenters. The molecule has 0 aromatic carbocycles. The number of amides is 1. The molecule has 106 valence electrons. The van der Waals surface area contributed by atoms with Crippen LogP contribution in [0.4, 0.5) is 0 Å². The van der Waals surface area contributed by atoms with Gasteiger partial charge in [-0.15, -0.1) is 0 Å². The number of likely N-dealkylation sites (N-methyl/N-ethyl adjacent to an activating group) is 1. The first-order valence-corrected chi connectivity index (χ1v) is 6.74. The van der Waals surface area contributed by atoms with Crippen LogP contribution in [0.1, 0.15) is 28.8 Å². The van der Waals surface area contributed by atoms with E-state index in [1.807, 2.05) is 0 Å². The summed E-state index contributed by atoms with van der Waals surface area (Å²) in [5.41, 5.74) is 1.03. The molecule has 5 heteroatoms. The highest BCUT2D eigenvalue weighted by Gasteiger charge is 2.25. The number of aromatic nitrogens is 1. The quantitative estimate of drug-likeness (QED) is 0.755. The highest BCUT2D eigenvalue weighted by Crippen LogP contribution is 2.24. The van der Waals surface area contributed by atoms with E-state index in [0.717, 1.165) is 6.54 Å². The average molecular weight is 273 g/mol. The van der Waals surface area contributed by atoms with Crippen molar-refractivity contribution in [2.24, 2.45) is 0 Å². The number of carbonyl (C=O) groups is 1. The Bertz CT molecular complexity index is 529. The first-order valence-electron chi connectivity index (χ1n) is 6.74. The van der Waals surface area contributed by atoms with Gasteiger partial charge in [-0.25, -0.2) is 0 Å². The topological polar surface area (TPSA) is 65.5 Å². The van der Waals surface area contributed by atoms with Crippen molar-refractivity contribution in [3.63, 3.8) is 0 Å². The van der Waals surface area contributed by atoms with Crippen LogP contribution in [0, 0.1) is 11.8 Å². The van der Waals surface area contributed by atoms with E-state index in [9.17, 15) is 4.79 Å². The molecule has 5 nitrogen and oxygen atoms in total. The fourth-order valence-corrected chi connectivity index (χ4v) is 1.97. The molecule has 1 amide bonds. The van der Waals surface area contributed by atoms with Crippen LogP contribution in [0.25, 0.3) is 0 Å². The third-order valence-electron chi connectivity index (χ3n) is 3.29. The second-order valence-electron chi connectivity index (χ2n) is 4.85. The van der Waals surface area contributed by atoms with Crippen LogP contribution >= 0.6 is 0 Å². The molecule has 0 saturated heterocycles. The maximum Gasteiger partial charge on any atom is 0.252 e. The minimum atomic E-state index is -0.234. The normalized spacial score (nSPS) is 13.8. The van der Waals surface area contributed by atoms with Gasteiger partial charge >= 0.3 is 0 Å². The van der Waals surface area contributed by atoms with E-state index in [0.29, 0.717) is 23.7 Å². The first kappa shape index (κ1) is 14.5. The van der Waals surface area contributed by atoms with Crippen molar-refractivity contribution in [2.45, 2.75) is 18.9 Å². The highest BCUT2D eigenvalue weighted by atomic mass is 16.2. The fraction of sp³-hybridized carbons (Fsp3) is 0.467. The molecule has 0 bridgehead atoms. The van der Waals surface area contributed by atoms with Gasteiger partial charge < -0.3 is 15.3 Å². The molecular weight excluding hydrogens is 254 g/mol. The van der Waals surface area contributed by atoms with Gasteiger partial charge in [0.2, 0.25) is 0 Å². The Labute approximate surface area is 119 Å². The van der Waals surface area contributed by atoms with E-state index in [4.69, 9.17) is 5.11 Å². The number of aliphatic hydroxyl groups excluding tert-OH is 1. The molecule has 1 aliphatic rings. The Balaban J connectivity index is 1.91. The lowest BCUT2D eigenvalue weighted by Crippen LogP contribution is -2.34. The van der Waals surface area contributed by atoms with Gasteiger partial charge in [-0.2, -0.15) is 0 Å². The molecule has 1 heterocycles. The number of nitrogens with one attached hydrogen (secondary N) is 1. The zero-order valence-electron chi connectivity index (χ0n) is 11.6. The molecule has 0 aliphatic heterocycles. The smallest absolute Gasteiger partial charge is 0.252 e. The zero-order valence-corrected chi connectivity index (χ0v) is 11.6. The summed E-state index contributed by atoms with van der Waals surface area (Å²) >= 11 is 0. The second-order valence-corrected chi connectivity index (χ2v) is 4.85. The number of aliphatic hydroxyl groups is 1. The third kappa shape index (κ3) is 4.05. The molecule has 0 spiro atoms. The van der Waals surface area contributed by atoms with Gasteiger partial charge in [0.25, 0.3) is 5.91 Å². The van der Waals surface area contributed by atoms with Crippen molar-refractivity contribution in [1.82, 2.24) is 15.2 Å². The van der Waals surface area contributed by atoms with Crippen LogP contribution in [-0.4, -0.2) is 53.7 Å². The number of pyridine rings is 1. The maximum absolute atomic E-state index is 12.1. The summed E-state index contributed by atoms with van der Waals surface area (Å²) in [5, 5.41) is 11.6. The summed E-state index contributed by atoms with van der Waals surface area (Å²) < 4.78 is 0. The molecule has 1 aromatic rings. The summed E-state index contributed by atoms with van der Waals surface area (Å²) in [5.74, 6) is 5.12. The monoisotopic (exact) mass is 273 g/mol. The molecule has 2 rings (SSSR count). The number of carbonyl (C=O) groups excluding carboxylic acids is 1. The fourth-order valence-electron chi connectivity index (χ4n) is 1.97. The van der Waals surface area contributed by atoms with Gasteiger partial charge in [0.15, 0.2) is 0 Å². The number of nitrogens with zero attached hydrogens (tertiary/aromatic N) is 2. The molecule has 20 heavy (non-hydrogen) atoms. The summed E-state index contributed by atoms with van der Waals surface area (Å²) in [6, 6.07) is 2.33. The number of hydrogen-bond acceptors (Lipinski definition) is 4. The Morgan fingerprint density at radius 2 is 2.40 bits per heavy atom. The molecule has 1 aromatic heterocycles. The molecular formula is C15H19N3O2. The average Bonchev–Trinajstić information content (AvgIpc) is 3.29. The van der Waals surface area contributed by atoms with Crippen molar-refractivity contribution in [2.75, 3.05) is 26.7 Å². The minimum Gasteiger partial charge on any atom is -0.384 e. The predicted molar refractivity (Wildman–Crippen MR) is 76.2 cm³/mol. The SMILES string of the molecule is CN(CCNC(=O)c1ccncc1C#CCO)C1CC1. The van der Waals surface area contributed by atoms with E-state index in [-0.39, 0.29) is 12.5 Å². The van der Waals surface area contributed by atoms with Gasteiger partial charge in [0.1, 0.15) is 6.61 Å². The van der Waals surface area contributed by atoms with Crippen LogP contribution in [-0.2, 0) is 0 Å². The van der Waals surface area contributed by atoms with Crippen LogP contribution in [0.15, 0.2) is 18.5 Å². The lowest BCUT2D eigenvalue weighted by atomic mass is 10.1.